The molecule has 1 N–H and O–H groups in total. The van der Waals surface area contributed by atoms with E-state index in [4.69, 9.17) is 0 Å². The third kappa shape index (κ3) is 5.82. The number of nitrogens with zero attached hydrogens (tertiary/aromatic N) is 1. The van der Waals surface area contributed by atoms with Crippen molar-refractivity contribution in [2.45, 2.75) is 84.6 Å². The van der Waals surface area contributed by atoms with Crippen molar-refractivity contribution in [1.29, 1.82) is 0 Å². The maximum absolute atomic E-state index is 11.8. The van der Waals surface area contributed by atoms with Gasteiger partial charge in [0.25, 0.3) is 5.52 Å². The fraction of sp³-hybridized carbons (Fsp3) is 0.565. The molecule has 1 heterocycles. The molecule has 0 radical (unpaired) electrons. The van der Waals surface area contributed by atoms with Crippen LogP contribution in [0.3, 0.4) is 0 Å². The second-order valence-corrected chi connectivity index (χ2v) is 7.33. The average molecular weight is 357 g/mol. The number of aromatic hydroxyl groups is 1. The molecule has 3 nitrogen and oxygen atoms in total. The summed E-state index contributed by atoms with van der Waals surface area (Å²) in [7, 11) is 0. The molecule has 2 rings (SSSR count). The third-order valence-electron chi connectivity index (χ3n) is 5.14. The van der Waals surface area contributed by atoms with Crippen LogP contribution in [0, 0.1) is 0 Å². The van der Waals surface area contributed by atoms with E-state index >= 15 is 0 Å². The average Bonchev–Trinajstić information content (AvgIpc) is 2.63. The minimum absolute atomic E-state index is 0.0340. The molecule has 0 spiro atoms. The summed E-state index contributed by atoms with van der Waals surface area (Å²) in [4.78, 5) is 11.8. The largest absolute Gasteiger partial charge is 0.502 e. The zero-order chi connectivity index (χ0) is 18.8. The van der Waals surface area contributed by atoms with Gasteiger partial charge < -0.3 is 5.11 Å². The van der Waals surface area contributed by atoms with Crippen molar-refractivity contribution in [3.8, 4) is 5.75 Å². The second kappa shape index (κ2) is 10.9. The first-order chi connectivity index (χ1) is 12.6. The van der Waals surface area contributed by atoms with E-state index in [1.807, 2.05) is 18.3 Å². The van der Waals surface area contributed by atoms with Crippen molar-refractivity contribution >= 4 is 16.7 Å². The van der Waals surface area contributed by atoms with Gasteiger partial charge in [0, 0.05) is 18.1 Å². The number of phenolic OH excluding ortho intramolecular Hbond substituents is 1. The van der Waals surface area contributed by atoms with E-state index in [-0.39, 0.29) is 11.5 Å². The standard InChI is InChI=1S/C23H33NO2/c1-3-4-5-6-7-8-9-10-11-12-17-24-18-13-14-21-20(19(2)25)15-16-22(26)23(21)24/h13-16,18H,3-12,17H2,1-2H3/p+1. The van der Waals surface area contributed by atoms with Crippen LogP contribution in [0.5, 0.6) is 5.75 Å². The molecule has 0 unspecified atom stereocenters. The Morgan fingerprint density at radius 3 is 2.15 bits per heavy atom. The Bertz CT molecular complexity index is 709. The second-order valence-electron chi connectivity index (χ2n) is 7.33. The molecular weight excluding hydrogens is 322 g/mol. The third-order valence-corrected chi connectivity index (χ3v) is 5.14. The van der Waals surface area contributed by atoms with Gasteiger partial charge in [-0.15, -0.1) is 0 Å². The van der Waals surface area contributed by atoms with Crippen LogP contribution in [0.25, 0.3) is 10.9 Å². The zero-order valence-corrected chi connectivity index (χ0v) is 16.5. The van der Waals surface area contributed by atoms with Gasteiger partial charge in [0.2, 0.25) is 0 Å². The van der Waals surface area contributed by atoms with E-state index in [0.29, 0.717) is 5.56 Å². The number of aryl methyl sites for hydroxylation is 1. The highest BCUT2D eigenvalue weighted by molar-refractivity contribution is 6.06. The maximum Gasteiger partial charge on any atom is 0.255 e. The van der Waals surface area contributed by atoms with Gasteiger partial charge in [-0.25, -0.2) is 0 Å². The van der Waals surface area contributed by atoms with E-state index in [0.717, 1.165) is 23.9 Å². The summed E-state index contributed by atoms with van der Waals surface area (Å²) < 4.78 is 2.09. The smallest absolute Gasteiger partial charge is 0.255 e. The van der Waals surface area contributed by atoms with Crippen LogP contribution in [0.15, 0.2) is 30.5 Å². The number of unbranched alkanes of at least 4 members (excludes halogenated alkanes) is 9. The Kier molecular flexibility index (Phi) is 8.60. The van der Waals surface area contributed by atoms with Crippen molar-refractivity contribution in [3.05, 3.63) is 36.0 Å². The van der Waals surface area contributed by atoms with Crippen molar-refractivity contribution in [1.82, 2.24) is 0 Å². The molecule has 1 aromatic heterocycles. The molecule has 0 aliphatic heterocycles. The fourth-order valence-corrected chi connectivity index (χ4v) is 3.65. The van der Waals surface area contributed by atoms with Crippen LogP contribution in [-0.4, -0.2) is 10.9 Å². The summed E-state index contributed by atoms with van der Waals surface area (Å²) in [6, 6.07) is 7.23. The van der Waals surface area contributed by atoms with E-state index in [1.165, 1.54) is 57.8 Å². The SMILES string of the molecule is CCCCCCCCCCCC[n+]1cccc2c(C(C)=O)ccc(O)c21. The summed E-state index contributed by atoms with van der Waals surface area (Å²) >= 11 is 0. The molecule has 0 bridgehead atoms. The Morgan fingerprint density at radius 2 is 1.54 bits per heavy atom. The topological polar surface area (TPSA) is 41.2 Å². The quantitative estimate of drug-likeness (QED) is 0.290. The molecule has 3 heteroatoms. The molecule has 0 fully saturated rings. The van der Waals surface area contributed by atoms with Gasteiger partial charge in [0.1, 0.15) is 6.54 Å². The summed E-state index contributed by atoms with van der Waals surface area (Å²) in [5.74, 6) is 0.282. The van der Waals surface area contributed by atoms with Gasteiger partial charge in [-0.2, -0.15) is 4.57 Å². The highest BCUT2D eigenvalue weighted by Gasteiger charge is 2.17. The lowest BCUT2D eigenvalue weighted by Crippen LogP contribution is -2.34. The number of benzene rings is 1. The first kappa shape index (κ1) is 20.4. The van der Waals surface area contributed by atoms with Crippen LogP contribution < -0.4 is 4.57 Å². The molecule has 1 aromatic carbocycles. The molecular formula is C23H34NO2+. The molecule has 2 aromatic rings. The molecule has 0 atom stereocenters. The molecule has 0 saturated carbocycles. The number of hydrogen-bond donors (Lipinski definition) is 1. The van der Waals surface area contributed by atoms with E-state index < -0.39 is 0 Å². The summed E-state index contributed by atoms with van der Waals surface area (Å²) in [6.07, 6.45) is 15.1. The van der Waals surface area contributed by atoms with Crippen LogP contribution in [0.4, 0.5) is 0 Å². The number of phenols is 1. The number of aromatic nitrogens is 1. The Hall–Kier alpha value is -1.90. The fourth-order valence-electron chi connectivity index (χ4n) is 3.65. The van der Waals surface area contributed by atoms with Crippen LogP contribution in [-0.2, 0) is 6.54 Å². The van der Waals surface area contributed by atoms with Gasteiger partial charge in [-0.05, 0) is 31.5 Å². The number of ketones is 1. The maximum atomic E-state index is 11.8. The first-order valence-corrected chi connectivity index (χ1v) is 10.3. The van der Waals surface area contributed by atoms with Gasteiger partial charge in [0.05, 0.1) is 5.39 Å². The van der Waals surface area contributed by atoms with Gasteiger partial charge in [-0.3, -0.25) is 4.79 Å². The number of rotatable bonds is 12. The highest BCUT2D eigenvalue weighted by atomic mass is 16.3. The van der Waals surface area contributed by atoms with Gasteiger partial charge in [0.15, 0.2) is 17.7 Å². The Labute approximate surface area is 158 Å². The van der Waals surface area contributed by atoms with Gasteiger partial charge in [-0.1, -0.05) is 58.3 Å². The minimum atomic E-state index is 0.0340. The van der Waals surface area contributed by atoms with Crippen molar-refractivity contribution < 1.29 is 14.5 Å². The van der Waals surface area contributed by atoms with Crippen molar-refractivity contribution in [2.75, 3.05) is 0 Å². The lowest BCUT2D eigenvalue weighted by molar-refractivity contribution is -0.672. The Balaban J connectivity index is 1.82. The molecule has 0 aliphatic carbocycles. The number of pyridine rings is 1. The number of Topliss-reactive ketones (excluding diaryl/α,β-unsaturated/α-hetero) is 1. The number of carbonyl (C=O) groups excluding carboxylic acids is 1. The van der Waals surface area contributed by atoms with E-state index in [2.05, 4.69) is 11.5 Å². The summed E-state index contributed by atoms with van der Waals surface area (Å²) in [6.45, 7) is 4.71. The summed E-state index contributed by atoms with van der Waals surface area (Å²) in [5, 5.41) is 11.1. The molecule has 0 saturated heterocycles. The predicted octanol–water partition coefficient (Wildman–Crippen LogP) is 5.96. The lowest BCUT2D eigenvalue weighted by Gasteiger charge is -2.06. The van der Waals surface area contributed by atoms with Gasteiger partial charge >= 0.3 is 0 Å². The van der Waals surface area contributed by atoms with Crippen LogP contribution in [0.2, 0.25) is 0 Å². The number of fused-ring (bicyclic) bond motifs is 1. The summed E-state index contributed by atoms with van der Waals surface area (Å²) in [5.41, 5.74) is 1.45. The molecule has 142 valence electrons. The molecule has 0 amide bonds. The van der Waals surface area contributed by atoms with E-state index in [9.17, 15) is 9.90 Å². The number of carbonyl (C=O) groups is 1. The lowest BCUT2D eigenvalue weighted by atomic mass is 10.0. The molecule has 0 aliphatic rings. The zero-order valence-electron chi connectivity index (χ0n) is 16.5. The van der Waals surface area contributed by atoms with Crippen molar-refractivity contribution in [2.24, 2.45) is 0 Å². The minimum Gasteiger partial charge on any atom is -0.502 e. The van der Waals surface area contributed by atoms with Crippen LogP contribution in [0.1, 0.15) is 88.4 Å². The van der Waals surface area contributed by atoms with E-state index in [1.54, 1.807) is 19.1 Å². The normalized spacial score (nSPS) is 11.2. The first-order valence-electron chi connectivity index (χ1n) is 10.3. The Morgan fingerprint density at radius 1 is 0.923 bits per heavy atom. The predicted molar refractivity (Wildman–Crippen MR) is 108 cm³/mol. The monoisotopic (exact) mass is 356 g/mol. The van der Waals surface area contributed by atoms with Crippen LogP contribution >= 0.6 is 0 Å². The number of hydrogen-bond acceptors (Lipinski definition) is 2. The van der Waals surface area contributed by atoms with Crippen molar-refractivity contribution in [3.63, 3.8) is 0 Å². The highest BCUT2D eigenvalue weighted by Crippen LogP contribution is 2.25. The molecule has 26 heavy (non-hydrogen) atoms.